The third-order valence-electron chi connectivity index (χ3n) is 4.18. The van der Waals surface area contributed by atoms with Gasteiger partial charge in [0.25, 0.3) is 0 Å². The van der Waals surface area contributed by atoms with E-state index in [0.717, 1.165) is 31.3 Å². The van der Waals surface area contributed by atoms with Gasteiger partial charge in [0, 0.05) is 17.3 Å². The number of nitrogens with zero attached hydrogens (tertiary/aromatic N) is 1. The van der Waals surface area contributed by atoms with Gasteiger partial charge in [-0.25, -0.2) is 4.98 Å². The third-order valence-corrected chi connectivity index (χ3v) is 5.44. The van der Waals surface area contributed by atoms with E-state index in [-0.39, 0.29) is 0 Å². The smallest absolute Gasteiger partial charge is 0.0962 e. The standard InChI is InChI=1S/C16H28N2S/c1-4-6-14-15(11-17-5-2)19-16(18-14)13-9-7-12(3)8-10-13/h12-13,17H,4-11H2,1-3H3. The zero-order valence-electron chi connectivity index (χ0n) is 12.7. The summed E-state index contributed by atoms with van der Waals surface area (Å²) in [5.74, 6) is 1.67. The molecule has 1 aliphatic rings. The van der Waals surface area contributed by atoms with E-state index in [1.807, 2.05) is 11.3 Å². The summed E-state index contributed by atoms with van der Waals surface area (Å²) in [7, 11) is 0. The number of rotatable bonds is 6. The van der Waals surface area contributed by atoms with Crippen LogP contribution < -0.4 is 5.32 Å². The highest BCUT2D eigenvalue weighted by Gasteiger charge is 2.23. The van der Waals surface area contributed by atoms with E-state index in [0.29, 0.717) is 0 Å². The minimum Gasteiger partial charge on any atom is -0.312 e. The highest BCUT2D eigenvalue weighted by molar-refractivity contribution is 7.11. The fourth-order valence-corrected chi connectivity index (χ4v) is 4.14. The Morgan fingerprint density at radius 3 is 2.58 bits per heavy atom. The summed E-state index contributed by atoms with van der Waals surface area (Å²) >= 11 is 1.97. The van der Waals surface area contributed by atoms with Crippen molar-refractivity contribution in [1.82, 2.24) is 10.3 Å². The highest BCUT2D eigenvalue weighted by Crippen LogP contribution is 2.38. The molecule has 2 nitrogen and oxygen atoms in total. The molecule has 0 unspecified atom stereocenters. The minimum atomic E-state index is 0.743. The third kappa shape index (κ3) is 4.03. The van der Waals surface area contributed by atoms with Gasteiger partial charge in [-0.2, -0.15) is 0 Å². The maximum absolute atomic E-state index is 4.98. The Bertz CT molecular complexity index is 378. The topological polar surface area (TPSA) is 24.9 Å². The molecular weight excluding hydrogens is 252 g/mol. The normalized spacial score (nSPS) is 23.7. The summed E-state index contributed by atoms with van der Waals surface area (Å²) in [6.45, 7) is 8.85. The molecular formula is C16H28N2S. The molecule has 0 aromatic carbocycles. The van der Waals surface area contributed by atoms with Gasteiger partial charge in [0.05, 0.1) is 10.7 Å². The van der Waals surface area contributed by atoms with Crippen LogP contribution in [0.2, 0.25) is 0 Å². The van der Waals surface area contributed by atoms with Gasteiger partial charge in [0.15, 0.2) is 0 Å². The molecule has 3 heteroatoms. The molecule has 0 radical (unpaired) electrons. The molecule has 19 heavy (non-hydrogen) atoms. The molecule has 0 saturated heterocycles. The van der Waals surface area contributed by atoms with Crippen LogP contribution in [0.5, 0.6) is 0 Å². The Balaban J connectivity index is 2.07. The Hall–Kier alpha value is -0.410. The molecule has 0 bridgehead atoms. The van der Waals surface area contributed by atoms with Crippen LogP contribution in [0, 0.1) is 5.92 Å². The average Bonchev–Trinajstić information content (AvgIpc) is 2.81. The monoisotopic (exact) mass is 280 g/mol. The Morgan fingerprint density at radius 1 is 1.21 bits per heavy atom. The van der Waals surface area contributed by atoms with Crippen molar-refractivity contribution in [3.8, 4) is 0 Å². The summed E-state index contributed by atoms with van der Waals surface area (Å²) in [5, 5.41) is 4.88. The predicted octanol–water partition coefficient (Wildman–Crippen LogP) is 4.50. The lowest BCUT2D eigenvalue weighted by Gasteiger charge is -2.24. The lowest BCUT2D eigenvalue weighted by Crippen LogP contribution is -2.11. The number of nitrogens with one attached hydrogen (secondary N) is 1. The maximum atomic E-state index is 4.98. The second kappa shape index (κ2) is 7.39. The molecule has 1 saturated carbocycles. The van der Waals surface area contributed by atoms with Gasteiger partial charge in [-0.3, -0.25) is 0 Å². The van der Waals surface area contributed by atoms with Gasteiger partial charge in [0.2, 0.25) is 0 Å². The van der Waals surface area contributed by atoms with Gasteiger partial charge in [-0.05, 0) is 31.7 Å². The predicted molar refractivity (Wildman–Crippen MR) is 83.9 cm³/mol. The fourth-order valence-electron chi connectivity index (χ4n) is 2.89. The van der Waals surface area contributed by atoms with Gasteiger partial charge in [-0.15, -0.1) is 11.3 Å². The molecule has 1 N–H and O–H groups in total. The van der Waals surface area contributed by atoms with Crippen molar-refractivity contribution in [2.45, 2.75) is 71.8 Å². The van der Waals surface area contributed by atoms with Crippen LogP contribution in [0.15, 0.2) is 0 Å². The van der Waals surface area contributed by atoms with E-state index in [1.165, 1.54) is 47.7 Å². The Kier molecular flexibility index (Phi) is 5.83. The SMILES string of the molecule is CCCc1nc(C2CCC(C)CC2)sc1CNCC. The molecule has 1 fully saturated rings. The van der Waals surface area contributed by atoms with E-state index < -0.39 is 0 Å². The van der Waals surface area contributed by atoms with Crippen LogP contribution in [0.4, 0.5) is 0 Å². The first-order chi connectivity index (χ1) is 9.24. The quantitative estimate of drug-likeness (QED) is 0.830. The number of hydrogen-bond acceptors (Lipinski definition) is 3. The van der Waals surface area contributed by atoms with Gasteiger partial charge < -0.3 is 5.32 Å². The van der Waals surface area contributed by atoms with Crippen molar-refractivity contribution in [3.05, 3.63) is 15.6 Å². The summed E-state index contributed by atoms with van der Waals surface area (Å²) in [6, 6.07) is 0. The zero-order chi connectivity index (χ0) is 13.7. The van der Waals surface area contributed by atoms with Crippen LogP contribution >= 0.6 is 11.3 Å². The molecule has 1 heterocycles. The molecule has 0 amide bonds. The van der Waals surface area contributed by atoms with Crippen molar-refractivity contribution >= 4 is 11.3 Å². The molecule has 1 aromatic rings. The Labute approximate surface area is 122 Å². The van der Waals surface area contributed by atoms with Crippen LogP contribution in [-0.4, -0.2) is 11.5 Å². The largest absolute Gasteiger partial charge is 0.312 e. The van der Waals surface area contributed by atoms with Crippen LogP contribution in [0.25, 0.3) is 0 Å². The molecule has 2 rings (SSSR count). The molecule has 0 atom stereocenters. The lowest BCUT2D eigenvalue weighted by atomic mass is 9.83. The zero-order valence-corrected chi connectivity index (χ0v) is 13.5. The molecule has 1 aromatic heterocycles. The first-order valence-electron chi connectivity index (χ1n) is 7.93. The van der Waals surface area contributed by atoms with E-state index in [4.69, 9.17) is 4.98 Å². The van der Waals surface area contributed by atoms with E-state index in [9.17, 15) is 0 Å². The summed E-state index contributed by atoms with van der Waals surface area (Å²) in [4.78, 5) is 6.46. The summed E-state index contributed by atoms with van der Waals surface area (Å²) in [5.41, 5.74) is 1.36. The van der Waals surface area contributed by atoms with E-state index in [1.54, 1.807) is 0 Å². The minimum absolute atomic E-state index is 0.743. The highest BCUT2D eigenvalue weighted by atomic mass is 32.1. The first-order valence-corrected chi connectivity index (χ1v) is 8.75. The van der Waals surface area contributed by atoms with Crippen LogP contribution in [0.1, 0.15) is 74.4 Å². The van der Waals surface area contributed by atoms with E-state index >= 15 is 0 Å². The van der Waals surface area contributed by atoms with Crippen molar-refractivity contribution in [3.63, 3.8) is 0 Å². The number of aryl methyl sites for hydroxylation is 1. The Morgan fingerprint density at radius 2 is 1.95 bits per heavy atom. The summed E-state index contributed by atoms with van der Waals surface area (Å²) < 4.78 is 0. The van der Waals surface area contributed by atoms with Crippen molar-refractivity contribution in [2.24, 2.45) is 5.92 Å². The summed E-state index contributed by atoms with van der Waals surface area (Å²) in [6.07, 6.45) is 7.80. The van der Waals surface area contributed by atoms with Gasteiger partial charge >= 0.3 is 0 Å². The van der Waals surface area contributed by atoms with Gasteiger partial charge in [0.1, 0.15) is 0 Å². The molecule has 0 spiro atoms. The number of thiazole rings is 1. The maximum Gasteiger partial charge on any atom is 0.0962 e. The molecule has 108 valence electrons. The van der Waals surface area contributed by atoms with Crippen LogP contribution in [0.3, 0.4) is 0 Å². The fraction of sp³-hybridized carbons (Fsp3) is 0.812. The second-order valence-electron chi connectivity index (χ2n) is 5.91. The van der Waals surface area contributed by atoms with Crippen molar-refractivity contribution < 1.29 is 0 Å². The van der Waals surface area contributed by atoms with Crippen molar-refractivity contribution in [1.29, 1.82) is 0 Å². The molecule has 0 aliphatic heterocycles. The second-order valence-corrected chi connectivity index (χ2v) is 7.02. The van der Waals surface area contributed by atoms with Gasteiger partial charge in [-0.1, -0.05) is 40.0 Å². The number of hydrogen-bond donors (Lipinski definition) is 1. The number of aromatic nitrogens is 1. The van der Waals surface area contributed by atoms with Crippen LogP contribution in [-0.2, 0) is 13.0 Å². The lowest BCUT2D eigenvalue weighted by molar-refractivity contribution is 0.347. The first kappa shape index (κ1) is 15.0. The van der Waals surface area contributed by atoms with E-state index in [2.05, 4.69) is 26.1 Å². The average molecular weight is 280 g/mol. The van der Waals surface area contributed by atoms with Crippen molar-refractivity contribution in [2.75, 3.05) is 6.54 Å². The molecule has 1 aliphatic carbocycles.